The van der Waals surface area contributed by atoms with E-state index < -0.39 is 11.5 Å². The molecule has 0 fully saturated rings. The Hall–Kier alpha value is -1.66. The molecule has 0 radical (unpaired) electrons. The average Bonchev–Trinajstić information content (AvgIpc) is 2.39. The molecule has 19 heavy (non-hydrogen) atoms. The highest BCUT2D eigenvalue weighted by Crippen LogP contribution is 2.24. The van der Waals surface area contributed by atoms with E-state index in [1.807, 2.05) is 0 Å². The molecule has 1 rings (SSSR count). The number of ether oxygens (including phenoxy) is 1. The highest BCUT2D eigenvalue weighted by Gasteiger charge is 2.28. The third-order valence-corrected chi connectivity index (χ3v) is 3.00. The quantitative estimate of drug-likeness (QED) is 0.678. The lowest BCUT2D eigenvalue weighted by atomic mass is 10.0. The van der Waals surface area contributed by atoms with E-state index in [1.165, 1.54) is 13.3 Å². The minimum absolute atomic E-state index is 0.0275. The first kappa shape index (κ1) is 15.4. The van der Waals surface area contributed by atoms with Crippen molar-refractivity contribution < 1.29 is 19.7 Å². The van der Waals surface area contributed by atoms with Gasteiger partial charge in [-0.2, -0.15) is 0 Å². The van der Waals surface area contributed by atoms with Crippen molar-refractivity contribution in [1.29, 1.82) is 0 Å². The number of aromatic hydroxyl groups is 1. The fourth-order valence-electron chi connectivity index (χ4n) is 1.65. The zero-order valence-electron chi connectivity index (χ0n) is 11.6. The third-order valence-electron chi connectivity index (χ3n) is 3.00. The van der Waals surface area contributed by atoms with Crippen LogP contribution in [-0.4, -0.2) is 33.8 Å². The fourth-order valence-corrected chi connectivity index (χ4v) is 1.65. The topological polar surface area (TPSA) is 91.7 Å². The summed E-state index contributed by atoms with van der Waals surface area (Å²) < 4.78 is 4.69. The number of hydrogen-bond donors (Lipinski definition) is 3. The molecular weight excluding hydrogens is 248 g/mol. The summed E-state index contributed by atoms with van der Waals surface area (Å²) in [5, 5.41) is 22.2. The van der Waals surface area contributed by atoms with Crippen LogP contribution < -0.4 is 5.32 Å². The highest BCUT2D eigenvalue weighted by atomic mass is 16.5. The molecule has 0 aromatic carbocycles. The van der Waals surface area contributed by atoms with Crippen LogP contribution in [-0.2, 0) is 22.7 Å². The van der Waals surface area contributed by atoms with Gasteiger partial charge in [-0.1, -0.05) is 0 Å². The van der Waals surface area contributed by atoms with Gasteiger partial charge in [-0.3, -0.25) is 15.1 Å². The van der Waals surface area contributed by atoms with E-state index in [2.05, 4.69) is 15.0 Å². The summed E-state index contributed by atoms with van der Waals surface area (Å²) in [6, 6.07) is 0. The van der Waals surface area contributed by atoms with Gasteiger partial charge in [0.2, 0.25) is 0 Å². The lowest BCUT2D eigenvalue weighted by molar-refractivity contribution is -0.147. The van der Waals surface area contributed by atoms with Gasteiger partial charge in [0.15, 0.2) is 0 Å². The van der Waals surface area contributed by atoms with Crippen LogP contribution in [0.3, 0.4) is 0 Å². The number of carbonyl (C=O) groups excluding carboxylic acids is 1. The van der Waals surface area contributed by atoms with Crippen molar-refractivity contribution in [3.05, 3.63) is 23.0 Å². The van der Waals surface area contributed by atoms with Crippen LogP contribution in [0.15, 0.2) is 6.20 Å². The number of nitrogens with one attached hydrogen (secondary N) is 1. The van der Waals surface area contributed by atoms with Crippen LogP contribution >= 0.6 is 0 Å². The molecule has 0 aliphatic heterocycles. The van der Waals surface area contributed by atoms with Gasteiger partial charge in [0.1, 0.15) is 11.3 Å². The fraction of sp³-hybridized carbons (Fsp3) is 0.538. The number of nitrogens with zero attached hydrogens (tertiary/aromatic N) is 1. The normalized spacial score (nSPS) is 11.4. The molecule has 0 saturated carbocycles. The number of aromatic nitrogens is 1. The summed E-state index contributed by atoms with van der Waals surface area (Å²) in [5.41, 5.74) is 0.651. The number of esters is 1. The molecule has 6 nitrogen and oxygen atoms in total. The van der Waals surface area contributed by atoms with Crippen LogP contribution in [0.1, 0.15) is 30.7 Å². The van der Waals surface area contributed by atoms with Gasteiger partial charge in [-0.25, -0.2) is 0 Å². The van der Waals surface area contributed by atoms with Crippen LogP contribution in [0.4, 0.5) is 0 Å². The number of rotatable bonds is 5. The molecule has 106 valence electrons. The van der Waals surface area contributed by atoms with Gasteiger partial charge in [0.25, 0.3) is 0 Å². The molecule has 1 heterocycles. The van der Waals surface area contributed by atoms with Crippen molar-refractivity contribution in [2.24, 2.45) is 0 Å². The lowest BCUT2D eigenvalue weighted by Crippen LogP contribution is -2.47. The summed E-state index contributed by atoms with van der Waals surface area (Å²) in [5.74, 6) is -0.372. The zero-order valence-corrected chi connectivity index (χ0v) is 11.6. The Labute approximate surface area is 112 Å². The predicted octanol–water partition coefficient (Wildman–Crippen LogP) is 0.629. The third kappa shape index (κ3) is 3.42. The Balaban J connectivity index is 2.94. The molecule has 0 unspecified atom stereocenters. The van der Waals surface area contributed by atoms with E-state index >= 15 is 0 Å². The molecule has 6 heteroatoms. The molecule has 0 aliphatic rings. The van der Waals surface area contributed by atoms with Crippen molar-refractivity contribution in [1.82, 2.24) is 10.3 Å². The highest BCUT2D eigenvalue weighted by molar-refractivity contribution is 5.79. The van der Waals surface area contributed by atoms with Crippen molar-refractivity contribution in [3.8, 4) is 5.75 Å². The molecular formula is C13H20N2O4. The molecule has 1 aromatic rings. The Morgan fingerprint density at radius 3 is 2.68 bits per heavy atom. The Morgan fingerprint density at radius 2 is 2.16 bits per heavy atom. The van der Waals surface area contributed by atoms with E-state index in [1.54, 1.807) is 20.8 Å². The lowest BCUT2D eigenvalue weighted by Gasteiger charge is -2.24. The Morgan fingerprint density at radius 1 is 1.53 bits per heavy atom. The number of aliphatic hydroxyl groups excluding tert-OH is 1. The SMILES string of the molecule is COC(=O)C(C)(C)NCc1c(CO)cnc(C)c1O. The first-order valence-electron chi connectivity index (χ1n) is 5.94. The van der Waals surface area contributed by atoms with E-state index in [0.717, 1.165) is 0 Å². The van der Waals surface area contributed by atoms with Crippen molar-refractivity contribution >= 4 is 5.97 Å². The molecule has 0 atom stereocenters. The second-order valence-electron chi connectivity index (χ2n) is 4.82. The summed E-state index contributed by atoms with van der Waals surface area (Å²) >= 11 is 0. The van der Waals surface area contributed by atoms with Crippen LogP contribution in [0, 0.1) is 6.92 Å². The number of aryl methyl sites for hydroxylation is 1. The smallest absolute Gasteiger partial charge is 0.325 e. The van der Waals surface area contributed by atoms with E-state index in [9.17, 15) is 15.0 Å². The molecule has 0 amide bonds. The molecule has 0 aliphatic carbocycles. The minimum atomic E-state index is -0.884. The molecule has 0 bridgehead atoms. The van der Waals surface area contributed by atoms with Crippen molar-refractivity contribution in [2.75, 3.05) is 7.11 Å². The predicted molar refractivity (Wildman–Crippen MR) is 69.5 cm³/mol. The van der Waals surface area contributed by atoms with Gasteiger partial charge in [0, 0.05) is 23.9 Å². The Bertz CT molecular complexity index is 472. The van der Waals surface area contributed by atoms with Gasteiger partial charge in [-0.15, -0.1) is 0 Å². The standard InChI is InChI=1S/C13H20N2O4/c1-8-11(17)10(9(7-16)5-14-8)6-15-13(2,3)12(18)19-4/h5,15-17H,6-7H2,1-4H3. The molecule has 0 spiro atoms. The number of pyridine rings is 1. The maximum Gasteiger partial charge on any atom is 0.325 e. The first-order valence-corrected chi connectivity index (χ1v) is 5.94. The molecule has 3 N–H and O–H groups in total. The summed E-state index contributed by atoms with van der Waals surface area (Å²) in [4.78, 5) is 15.5. The second-order valence-corrected chi connectivity index (χ2v) is 4.82. The average molecular weight is 268 g/mol. The first-order chi connectivity index (χ1) is 8.83. The van der Waals surface area contributed by atoms with Gasteiger partial charge in [0.05, 0.1) is 19.4 Å². The van der Waals surface area contributed by atoms with Crippen LogP contribution in [0.2, 0.25) is 0 Å². The maximum absolute atomic E-state index is 11.6. The number of hydrogen-bond acceptors (Lipinski definition) is 6. The van der Waals surface area contributed by atoms with E-state index in [4.69, 9.17) is 0 Å². The van der Waals surface area contributed by atoms with Crippen molar-refractivity contribution in [3.63, 3.8) is 0 Å². The molecule has 1 aromatic heterocycles. The maximum atomic E-state index is 11.6. The summed E-state index contributed by atoms with van der Waals surface area (Å²) in [6.45, 7) is 5.04. The summed E-state index contributed by atoms with van der Waals surface area (Å²) in [6.07, 6.45) is 1.51. The molecule has 0 saturated heterocycles. The van der Waals surface area contributed by atoms with Gasteiger partial charge in [-0.05, 0) is 20.8 Å². The van der Waals surface area contributed by atoms with E-state index in [0.29, 0.717) is 16.8 Å². The number of methoxy groups -OCH3 is 1. The van der Waals surface area contributed by atoms with E-state index in [-0.39, 0.29) is 18.9 Å². The number of aliphatic hydroxyl groups is 1. The van der Waals surface area contributed by atoms with Crippen LogP contribution in [0.25, 0.3) is 0 Å². The van der Waals surface area contributed by atoms with Crippen molar-refractivity contribution in [2.45, 2.75) is 39.5 Å². The summed E-state index contributed by atoms with van der Waals surface area (Å²) in [7, 11) is 1.32. The largest absolute Gasteiger partial charge is 0.506 e. The number of carbonyl (C=O) groups is 1. The second kappa shape index (κ2) is 5.99. The van der Waals surface area contributed by atoms with Gasteiger partial charge >= 0.3 is 5.97 Å². The van der Waals surface area contributed by atoms with Gasteiger partial charge < -0.3 is 14.9 Å². The monoisotopic (exact) mass is 268 g/mol. The Kier molecular flexibility index (Phi) is 4.85. The minimum Gasteiger partial charge on any atom is -0.506 e. The zero-order chi connectivity index (χ0) is 14.6. The van der Waals surface area contributed by atoms with Crippen LogP contribution in [0.5, 0.6) is 5.75 Å².